The quantitative estimate of drug-likeness (QED) is 0.830. The van der Waals surface area contributed by atoms with Gasteiger partial charge in [0.05, 0.1) is 17.6 Å². The van der Waals surface area contributed by atoms with Crippen molar-refractivity contribution in [1.82, 2.24) is 0 Å². The molecule has 80 valence electrons. The molecule has 1 N–H and O–H groups in total. The van der Waals surface area contributed by atoms with E-state index >= 15 is 0 Å². The average Bonchev–Trinajstić information content (AvgIpc) is 2.51. The van der Waals surface area contributed by atoms with Gasteiger partial charge in [-0.15, -0.1) is 11.3 Å². The zero-order chi connectivity index (χ0) is 10.7. The van der Waals surface area contributed by atoms with Gasteiger partial charge in [-0.05, 0) is 29.9 Å². The van der Waals surface area contributed by atoms with Gasteiger partial charge in [0.2, 0.25) is 0 Å². The van der Waals surface area contributed by atoms with Gasteiger partial charge in [0.1, 0.15) is 0 Å². The number of nitrogens with zero attached hydrogens (tertiary/aromatic N) is 1. The molecule has 0 spiro atoms. The maximum absolute atomic E-state index is 9.32. The first kappa shape index (κ1) is 11.5. The maximum atomic E-state index is 9.32. The summed E-state index contributed by atoms with van der Waals surface area (Å²) in [5, 5.41) is 12.7. The molecule has 1 unspecified atom stereocenters. The van der Waals surface area contributed by atoms with E-state index in [0.717, 1.165) is 0 Å². The molecule has 0 bridgehead atoms. The van der Waals surface area contributed by atoms with Crippen molar-refractivity contribution in [2.75, 3.05) is 18.6 Å². The number of hydrogen-bond acceptors (Lipinski definition) is 3. The molecule has 0 aromatic carbocycles. The highest BCUT2D eigenvalue weighted by atomic mass is 32.1. The Morgan fingerprint density at radius 1 is 1.50 bits per heavy atom. The summed E-state index contributed by atoms with van der Waals surface area (Å²) in [6, 6.07) is 2.33. The predicted octanol–water partition coefficient (Wildman–Crippen LogP) is 2.51. The molecular formula is C11H19NOS. The van der Waals surface area contributed by atoms with Gasteiger partial charge >= 0.3 is 0 Å². The van der Waals surface area contributed by atoms with Crippen LogP contribution >= 0.6 is 11.3 Å². The first-order chi connectivity index (χ1) is 6.57. The summed E-state index contributed by atoms with van der Waals surface area (Å²) in [6.07, 6.45) is 0. The summed E-state index contributed by atoms with van der Waals surface area (Å²) >= 11 is 1.73. The number of aryl methyl sites for hydroxylation is 1. The number of aliphatic hydroxyl groups is 1. The summed E-state index contributed by atoms with van der Waals surface area (Å²) in [4.78, 5) is 2.19. The highest BCUT2D eigenvalue weighted by molar-refractivity contribution is 7.14. The number of thiophene rings is 1. The molecule has 1 rings (SSSR count). The molecule has 14 heavy (non-hydrogen) atoms. The fraction of sp³-hybridized carbons (Fsp3) is 0.636. The molecule has 1 aromatic heterocycles. The van der Waals surface area contributed by atoms with Crippen molar-refractivity contribution in [3.63, 3.8) is 0 Å². The van der Waals surface area contributed by atoms with Crippen LogP contribution in [0.3, 0.4) is 0 Å². The summed E-state index contributed by atoms with van der Waals surface area (Å²) in [5.74, 6) is 0.464. The van der Waals surface area contributed by atoms with Crippen LogP contribution < -0.4 is 4.90 Å². The van der Waals surface area contributed by atoms with Crippen LogP contribution in [0.2, 0.25) is 0 Å². The number of anilines is 1. The molecule has 0 fully saturated rings. The van der Waals surface area contributed by atoms with Crippen LogP contribution in [0.4, 0.5) is 5.00 Å². The van der Waals surface area contributed by atoms with Crippen LogP contribution in [0, 0.1) is 12.8 Å². The second-order valence-electron chi connectivity index (χ2n) is 4.01. The third-order valence-corrected chi connectivity index (χ3v) is 3.71. The number of rotatable bonds is 4. The third-order valence-electron chi connectivity index (χ3n) is 2.61. The smallest absolute Gasteiger partial charge is 0.0939 e. The van der Waals surface area contributed by atoms with Gasteiger partial charge in [-0.25, -0.2) is 0 Å². The fourth-order valence-corrected chi connectivity index (χ4v) is 2.61. The maximum Gasteiger partial charge on any atom is 0.0939 e. The molecular weight excluding hydrogens is 194 g/mol. The lowest BCUT2D eigenvalue weighted by molar-refractivity contribution is 0.234. The van der Waals surface area contributed by atoms with Gasteiger partial charge in [0, 0.05) is 7.05 Å². The van der Waals surface area contributed by atoms with E-state index in [1.54, 1.807) is 11.3 Å². The summed E-state index contributed by atoms with van der Waals surface area (Å²) in [5.41, 5.74) is 1.29. The van der Waals surface area contributed by atoms with Crippen molar-refractivity contribution in [3.8, 4) is 0 Å². The van der Waals surface area contributed by atoms with Crippen LogP contribution in [0.5, 0.6) is 0 Å². The van der Waals surface area contributed by atoms with Crippen molar-refractivity contribution >= 4 is 16.3 Å². The van der Waals surface area contributed by atoms with E-state index in [9.17, 15) is 5.11 Å². The minimum absolute atomic E-state index is 0.214. The average molecular weight is 213 g/mol. The van der Waals surface area contributed by atoms with E-state index in [-0.39, 0.29) is 12.6 Å². The lowest BCUT2D eigenvalue weighted by Gasteiger charge is -2.31. The third kappa shape index (κ3) is 2.28. The van der Waals surface area contributed by atoms with E-state index in [1.807, 2.05) is 0 Å². The highest BCUT2D eigenvalue weighted by Crippen LogP contribution is 2.28. The Hall–Kier alpha value is -0.540. The molecule has 0 aliphatic heterocycles. The molecule has 3 heteroatoms. The topological polar surface area (TPSA) is 23.5 Å². The lowest BCUT2D eigenvalue weighted by atomic mass is 10.0. The first-order valence-corrected chi connectivity index (χ1v) is 5.83. The Labute approximate surface area is 90.2 Å². The summed E-state index contributed by atoms with van der Waals surface area (Å²) < 4.78 is 0. The zero-order valence-corrected chi connectivity index (χ0v) is 10.1. The van der Waals surface area contributed by atoms with Crippen LogP contribution in [-0.2, 0) is 0 Å². The van der Waals surface area contributed by atoms with Crippen molar-refractivity contribution in [2.24, 2.45) is 5.92 Å². The molecule has 0 aliphatic carbocycles. The molecule has 0 saturated heterocycles. The normalized spacial score (nSPS) is 13.3. The Morgan fingerprint density at radius 2 is 2.14 bits per heavy atom. The number of hydrogen-bond donors (Lipinski definition) is 1. The highest BCUT2D eigenvalue weighted by Gasteiger charge is 2.19. The summed E-state index contributed by atoms with van der Waals surface area (Å²) in [7, 11) is 2.06. The van der Waals surface area contributed by atoms with Crippen molar-refractivity contribution < 1.29 is 5.11 Å². The summed E-state index contributed by atoms with van der Waals surface area (Å²) in [6.45, 7) is 6.60. The van der Waals surface area contributed by atoms with E-state index in [0.29, 0.717) is 5.92 Å². The molecule has 1 atom stereocenters. The molecule has 1 aromatic rings. The predicted molar refractivity (Wildman–Crippen MR) is 63.2 cm³/mol. The van der Waals surface area contributed by atoms with Crippen molar-refractivity contribution in [1.29, 1.82) is 0 Å². The van der Waals surface area contributed by atoms with Crippen LogP contribution in [0.25, 0.3) is 0 Å². The minimum Gasteiger partial charge on any atom is -0.394 e. The Balaban J connectivity index is 2.83. The van der Waals surface area contributed by atoms with E-state index in [2.05, 4.69) is 44.2 Å². The lowest BCUT2D eigenvalue weighted by Crippen LogP contribution is -2.38. The Bertz CT molecular complexity index is 283. The van der Waals surface area contributed by atoms with Crippen LogP contribution in [0.1, 0.15) is 19.4 Å². The van der Waals surface area contributed by atoms with Crippen molar-refractivity contribution in [3.05, 3.63) is 17.0 Å². The van der Waals surface area contributed by atoms with Gasteiger partial charge in [-0.2, -0.15) is 0 Å². The van der Waals surface area contributed by atoms with Gasteiger partial charge in [-0.3, -0.25) is 0 Å². The number of aliphatic hydroxyl groups excluding tert-OH is 1. The van der Waals surface area contributed by atoms with E-state index < -0.39 is 0 Å². The number of likely N-dealkylation sites (N-methyl/N-ethyl adjacent to an activating group) is 1. The first-order valence-electron chi connectivity index (χ1n) is 4.95. The monoisotopic (exact) mass is 213 g/mol. The second-order valence-corrected chi connectivity index (χ2v) is 4.91. The largest absolute Gasteiger partial charge is 0.394 e. The molecule has 2 nitrogen and oxygen atoms in total. The van der Waals surface area contributed by atoms with Gasteiger partial charge < -0.3 is 10.0 Å². The SMILES string of the molecule is Cc1ccsc1N(C)C(CO)C(C)C. The molecule has 0 aliphatic rings. The van der Waals surface area contributed by atoms with Crippen LogP contribution in [0.15, 0.2) is 11.4 Å². The molecule has 0 amide bonds. The van der Waals surface area contributed by atoms with Gasteiger partial charge in [-0.1, -0.05) is 13.8 Å². The molecule has 0 radical (unpaired) electrons. The Morgan fingerprint density at radius 3 is 2.50 bits per heavy atom. The molecule has 1 heterocycles. The van der Waals surface area contributed by atoms with Gasteiger partial charge in [0.15, 0.2) is 0 Å². The van der Waals surface area contributed by atoms with Gasteiger partial charge in [0.25, 0.3) is 0 Å². The standard InChI is InChI=1S/C11H19NOS/c1-8(2)10(7-13)12(4)11-9(3)5-6-14-11/h5-6,8,10,13H,7H2,1-4H3. The van der Waals surface area contributed by atoms with E-state index in [4.69, 9.17) is 0 Å². The van der Waals surface area contributed by atoms with Crippen molar-refractivity contribution in [2.45, 2.75) is 26.8 Å². The minimum atomic E-state index is 0.214. The second kappa shape index (κ2) is 4.80. The van der Waals surface area contributed by atoms with E-state index in [1.165, 1.54) is 10.6 Å². The Kier molecular flexibility index (Phi) is 3.96. The van der Waals surface area contributed by atoms with Crippen LogP contribution in [-0.4, -0.2) is 24.8 Å². The fourth-order valence-electron chi connectivity index (χ4n) is 1.66. The molecule has 0 saturated carbocycles. The zero-order valence-electron chi connectivity index (χ0n) is 9.32.